The second-order valence-electron chi connectivity index (χ2n) is 4.26. The van der Waals surface area contributed by atoms with Crippen LogP contribution >= 0.6 is 0 Å². The maximum atomic E-state index is 13.5. The number of hydrogen-bond donors (Lipinski definition) is 0. The number of aromatic nitrogens is 4. The minimum Gasteiger partial charge on any atom is -0.292 e. The van der Waals surface area contributed by atoms with Crippen molar-refractivity contribution in [2.45, 2.75) is 6.54 Å². The van der Waals surface area contributed by atoms with E-state index in [9.17, 15) is 18.4 Å². The van der Waals surface area contributed by atoms with Gasteiger partial charge in [-0.2, -0.15) is 0 Å². The second-order valence-corrected chi connectivity index (χ2v) is 4.26. The molecule has 3 aromatic rings. The summed E-state index contributed by atoms with van der Waals surface area (Å²) in [6.45, 7) is -0.557. The first-order valence-corrected chi connectivity index (χ1v) is 5.94. The van der Waals surface area contributed by atoms with E-state index < -0.39 is 35.2 Å². The van der Waals surface area contributed by atoms with Crippen molar-refractivity contribution >= 4 is 11.4 Å². The zero-order chi connectivity index (χ0) is 15.0. The molecular weight excluding hydrogens is 282 g/mol. The van der Waals surface area contributed by atoms with Gasteiger partial charge in [-0.3, -0.25) is 9.78 Å². The summed E-state index contributed by atoms with van der Waals surface area (Å²) in [6.07, 6.45) is 4.11. The van der Waals surface area contributed by atoms with Crippen molar-refractivity contribution in [3.63, 3.8) is 0 Å². The maximum absolute atomic E-state index is 13.5. The van der Waals surface area contributed by atoms with Gasteiger partial charge in [-0.25, -0.2) is 22.7 Å². The Hall–Kier alpha value is -2.90. The SMILES string of the molecule is O=C(Cn1nc2cnccn2c1=O)c1c(F)cccc1F. The molecule has 0 unspecified atom stereocenters. The van der Waals surface area contributed by atoms with Crippen LogP contribution in [0.3, 0.4) is 0 Å². The number of ketones is 1. The minimum absolute atomic E-state index is 0.240. The molecule has 0 fully saturated rings. The third kappa shape index (κ3) is 2.20. The van der Waals surface area contributed by atoms with Crippen LogP contribution in [-0.2, 0) is 6.54 Å². The number of halogens is 2. The molecule has 0 saturated carbocycles. The predicted molar refractivity (Wildman–Crippen MR) is 67.9 cm³/mol. The highest BCUT2D eigenvalue weighted by atomic mass is 19.1. The fourth-order valence-corrected chi connectivity index (χ4v) is 1.96. The smallest absolute Gasteiger partial charge is 0.292 e. The van der Waals surface area contributed by atoms with E-state index in [0.29, 0.717) is 0 Å². The summed E-state index contributed by atoms with van der Waals surface area (Å²) in [5.74, 6) is -2.82. The van der Waals surface area contributed by atoms with E-state index in [1.54, 1.807) is 0 Å². The van der Waals surface area contributed by atoms with Crippen LogP contribution in [0.4, 0.5) is 8.78 Å². The molecular formula is C13H8F2N4O2. The van der Waals surface area contributed by atoms with Crippen molar-refractivity contribution in [1.82, 2.24) is 19.2 Å². The number of Topliss-reactive ketones (excluding diaryl/α,β-unsaturated/α-hetero) is 1. The van der Waals surface area contributed by atoms with E-state index in [2.05, 4.69) is 10.1 Å². The molecule has 0 amide bonds. The van der Waals surface area contributed by atoms with E-state index in [-0.39, 0.29) is 5.65 Å². The summed E-state index contributed by atoms with van der Waals surface area (Å²) in [5, 5.41) is 3.88. The average molecular weight is 290 g/mol. The van der Waals surface area contributed by atoms with E-state index >= 15 is 0 Å². The Labute approximate surface area is 116 Å². The van der Waals surface area contributed by atoms with Crippen molar-refractivity contribution in [3.05, 3.63) is 64.5 Å². The topological polar surface area (TPSA) is 69.3 Å². The van der Waals surface area contributed by atoms with Crippen molar-refractivity contribution in [2.24, 2.45) is 0 Å². The van der Waals surface area contributed by atoms with Crippen LogP contribution in [0.5, 0.6) is 0 Å². The zero-order valence-corrected chi connectivity index (χ0v) is 10.5. The van der Waals surface area contributed by atoms with Crippen molar-refractivity contribution in [2.75, 3.05) is 0 Å². The van der Waals surface area contributed by atoms with E-state index in [1.807, 2.05) is 0 Å². The maximum Gasteiger partial charge on any atom is 0.350 e. The molecule has 6 nitrogen and oxygen atoms in total. The Bertz CT molecular complexity index is 880. The van der Waals surface area contributed by atoms with Crippen LogP contribution in [0.15, 0.2) is 41.6 Å². The van der Waals surface area contributed by atoms with Gasteiger partial charge in [-0.1, -0.05) is 6.07 Å². The molecule has 0 aliphatic carbocycles. The van der Waals surface area contributed by atoms with Crippen LogP contribution in [0.2, 0.25) is 0 Å². The first-order chi connectivity index (χ1) is 10.1. The summed E-state index contributed by atoms with van der Waals surface area (Å²) in [6, 6.07) is 3.11. The number of benzene rings is 1. The lowest BCUT2D eigenvalue weighted by molar-refractivity contribution is 0.0958. The molecule has 0 bridgehead atoms. The lowest BCUT2D eigenvalue weighted by atomic mass is 10.1. The number of nitrogens with zero attached hydrogens (tertiary/aromatic N) is 4. The van der Waals surface area contributed by atoms with Crippen LogP contribution in [0, 0.1) is 11.6 Å². The molecule has 3 rings (SSSR count). The molecule has 0 aliphatic rings. The first-order valence-electron chi connectivity index (χ1n) is 5.94. The van der Waals surface area contributed by atoms with E-state index in [4.69, 9.17) is 0 Å². The average Bonchev–Trinajstić information content (AvgIpc) is 2.76. The summed E-state index contributed by atoms with van der Waals surface area (Å²) in [7, 11) is 0. The summed E-state index contributed by atoms with van der Waals surface area (Å²) in [4.78, 5) is 27.7. The minimum atomic E-state index is -0.974. The summed E-state index contributed by atoms with van der Waals surface area (Å²) < 4.78 is 29.1. The van der Waals surface area contributed by atoms with Crippen LogP contribution in [0.25, 0.3) is 5.65 Å². The Balaban J connectivity index is 2.01. The highest BCUT2D eigenvalue weighted by molar-refractivity contribution is 5.96. The normalized spacial score (nSPS) is 11.0. The lowest BCUT2D eigenvalue weighted by Gasteiger charge is -2.03. The van der Waals surface area contributed by atoms with Crippen molar-refractivity contribution in [1.29, 1.82) is 0 Å². The molecule has 1 aromatic carbocycles. The largest absolute Gasteiger partial charge is 0.350 e. The van der Waals surface area contributed by atoms with Crippen LogP contribution < -0.4 is 5.69 Å². The number of fused-ring (bicyclic) bond motifs is 1. The third-order valence-electron chi connectivity index (χ3n) is 2.92. The van der Waals surface area contributed by atoms with Gasteiger partial charge < -0.3 is 0 Å². The summed E-state index contributed by atoms with van der Waals surface area (Å²) in [5.41, 5.74) is -1.03. The quantitative estimate of drug-likeness (QED) is 0.676. The summed E-state index contributed by atoms with van der Waals surface area (Å²) >= 11 is 0. The molecule has 2 heterocycles. The van der Waals surface area contributed by atoms with Gasteiger partial charge in [0, 0.05) is 12.4 Å². The standard InChI is InChI=1S/C13H8F2N4O2/c14-8-2-1-3-9(15)12(8)10(20)7-19-13(21)18-5-4-16-6-11(18)17-19/h1-6H,7H2. The van der Waals surface area contributed by atoms with Crippen LogP contribution in [0.1, 0.15) is 10.4 Å². The molecule has 2 aromatic heterocycles. The van der Waals surface area contributed by atoms with Gasteiger partial charge >= 0.3 is 5.69 Å². The Morgan fingerprint density at radius 2 is 1.95 bits per heavy atom. The molecule has 0 N–H and O–H groups in total. The number of rotatable bonds is 3. The number of carbonyl (C=O) groups is 1. The molecule has 0 spiro atoms. The predicted octanol–water partition coefficient (Wildman–Crippen LogP) is 1.05. The second kappa shape index (κ2) is 4.89. The number of carbonyl (C=O) groups excluding carboxylic acids is 1. The molecule has 8 heteroatoms. The van der Waals surface area contributed by atoms with Gasteiger partial charge in [0.15, 0.2) is 11.4 Å². The molecule has 0 saturated heterocycles. The van der Waals surface area contributed by atoms with Gasteiger partial charge in [0.25, 0.3) is 0 Å². The van der Waals surface area contributed by atoms with Crippen LogP contribution in [-0.4, -0.2) is 24.9 Å². The Morgan fingerprint density at radius 1 is 1.24 bits per heavy atom. The number of hydrogen-bond acceptors (Lipinski definition) is 4. The van der Waals surface area contributed by atoms with Crippen molar-refractivity contribution in [3.8, 4) is 0 Å². The molecule has 0 atom stereocenters. The Morgan fingerprint density at radius 3 is 2.62 bits per heavy atom. The third-order valence-corrected chi connectivity index (χ3v) is 2.92. The monoisotopic (exact) mass is 290 g/mol. The zero-order valence-electron chi connectivity index (χ0n) is 10.5. The molecule has 0 aliphatic heterocycles. The van der Waals surface area contributed by atoms with E-state index in [1.165, 1.54) is 23.0 Å². The molecule has 106 valence electrons. The van der Waals surface area contributed by atoms with E-state index in [0.717, 1.165) is 22.9 Å². The highest BCUT2D eigenvalue weighted by Crippen LogP contribution is 2.13. The van der Waals surface area contributed by atoms with Gasteiger partial charge in [0.05, 0.1) is 11.8 Å². The van der Waals surface area contributed by atoms with Crippen molar-refractivity contribution < 1.29 is 13.6 Å². The van der Waals surface area contributed by atoms with Gasteiger partial charge in [-0.15, -0.1) is 5.10 Å². The lowest BCUT2D eigenvalue weighted by Crippen LogP contribution is -2.25. The fraction of sp³-hybridized carbons (Fsp3) is 0.0769. The van der Waals surface area contributed by atoms with Gasteiger partial charge in [0.1, 0.15) is 18.2 Å². The fourth-order valence-electron chi connectivity index (χ4n) is 1.96. The van der Waals surface area contributed by atoms with Gasteiger partial charge in [0.2, 0.25) is 0 Å². The molecule has 0 radical (unpaired) electrons. The molecule has 21 heavy (non-hydrogen) atoms. The highest BCUT2D eigenvalue weighted by Gasteiger charge is 2.19. The first kappa shape index (κ1) is 13.1. The Kier molecular flexibility index (Phi) is 3.05. The van der Waals surface area contributed by atoms with Gasteiger partial charge in [-0.05, 0) is 12.1 Å².